The van der Waals surface area contributed by atoms with Crippen molar-refractivity contribution in [3.8, 4) is 0 Å². The van der Waals surface area contributed by atoms with Crippen LogP contribution in [0, 0.1) is 5.41 Å². The van der Waals surface area contributed by atoms with Gasteiger partial charge in [0.05, 0.1) is 5.54 Å². The summed E-state index contributed by atoms with van der Waals surface area (Å²) < 4.78 is 0. The van der Waals surface area contributed by atoms with Gasteiger partial charge in [0.1, 0.15) is 6.61 Å². The predicted octanol–water partition coefficient (Wildman–Crippen LogP) is 2.49. The van der Waals surface area contributed by atoms with Crippen molar-refractivity contribution >= 4 is 23.5 Å². The molecule has 0 saturated carbocycles. The first-order valence-corrected chi connectivity index (χ1v) is 9.25. The van der Waals surface area contributed by atoms with Crippen molar-refractivity contribution in [2.45, 2.75) is 39.2 Å². The summed E-state index contributed by atoms with van der Waals surface area (Å²) in [5.41, 5.74) is 1.72. The summed E-state index contributed by atoms with van der Waals surface area (Å²) in [6.45, 7) is 7.89. The Morgan fingerprint density at radius 3 is 2.58 bits per heavy atom. The van der Waals surface area contributed by atoms with Gasteiger partial charge < -0.3 is 14.9 Å². The number of hydrogen-bond donors (Lipinski definition) is 1. The molecule has 0 unspecified atom stereocenters. The zero-order chi connectivity index (χ0) is 18.9. The van der Waals surface area contributed by atoms with Crippen LogP contribution in [-0.2, 0) is 9.59 Å². The van der Waals surface area contributed by atoms with Crippen LogP contribution in [0.3, 0.4) is 0 Å². The molecule has 1 aromatic carbocycles. The van der Waals surface area contributed by atoms with Crippen molar-refractivity contribution in [3.63, 3.8) is 0 Å². The molecule has 3 rings (SSSR count). The number of hydrogen-bond acceptors (Lipinski definition) is 4. The number of carbonyl (C=O) groups excluding carboxylic acids is 2. The maximum absolute atomic E-state index is 12.5. The number of para-hydroxylation sites is 1. The first-order valence-electron chi connectivity index (χ1n) is 9.25. The van der Waals surface area contributed by atoms with E-state index in [0.29, 0.717) is 0 Å². The maximum Gasteiger partial charge on any atom is 0.228 e. The number of aliphatic hydroxyl groups is 1. The van der Waals surface area contributed by atoms with Crippen LogP contribution < -0.4 is 4.90 Å². The fourth-order valence-electron chi connectivity index (χ4n) is 4.04. The Bertz CT molecular complexity index is 727. The van der Waals surface area contributed by atoms with Crippen LogP contribution in [0.4, 0.5) is 5.69 Å². The lowest BCUT2D eigenvalue weighted by Gasteiger charge is -2.55. The van der Waals surface area contributed by atoms with Gasteiger partial charge >= 0.3 is 0 Å². The molecule has 2 aliphatic rings. The van der Waals surface area contributed by atoms with Gasteiger partial charge in [0.2, 0.25) is 5.91 Å². The standard InChI is InChI=1S/C21H28N2O3/c1-20(2,3)19(26)22-14-21(15-22)11-6-12-23(21)18-8-5-4-7-16(18)9-10-17(25)13-24/h4-5,7-10,24H,6,11-15H2,1-3H3/b10-9+. The number of carbonyl (C=O) groups is 2. The van der Waals surface area contributed by atoms with Crippen molar-refractivity contribution in [1.29, 1.82) is 0 Å². The van der Waals surface area contributed by atoms with Crippen molar-refractivity contribution in [2.24, 2.45) is 5.41 Å². The molecule has 2 fully saturated rings. The minimum Gasteiger partial charge on any atom is -0.388 e. The highest BCUT2D eigenvalue weighted by Crippen LogP contribution is 2.43. The van der Waals surface area contributed by atoms with Gasteiger partial charge in [-0.05, 0) is 36.6 Å². The van der Waals surface area contributed by atoms with Gasteiger partial charge in [-0.2, -0.15) is 0 Å². The van der Waals surface area contributed by atoms with Crippen molar-refractivity contribution in [3.05, 3.63) is 35.9 Å². The molecule has 1 amide bonds. The third kappa shape index (κ3) is 3.40. The van der Waals surface area contributed by atoms with Crippen LogP contribution in [0.1, 0.15) is 39.2 Å². The normalized spacial score (nSPS) is 19.2. The molecule has 0 aliphatic carbocycles. The molecule has 0 radical (unpaired) electrons. The number of nitrogens with zero attached hydrogens (tertiary/aromatic N) is 2. The van der Waals surface area contributed by atoms with Crippen molar-refractivity contribution < 1.29 is 14.7 Å². The van der Waals surface area contributed by atoms with Crippen molar-refractivity contribution in [2.75, 3.05) is 31.1 Å². The zero-order valence-corrected chi connectivity index (χ0v) is 15.9. The number of ketones is 1. The fourth-order valence-corrected chi connectivity index (χ4v) is 4.04. The lowest BCUT2D eigenvalue weighted by Crippen LogP contribution is -2.70. The lowest BCUT2D eigenvalue weighted by molar-refractivity contribution is -0.147. The molecule has 5 heteroatoms. The van der Waals surface area contributed by atoms with Crippen LogP contribution in [0.5, 0.6) is 0 Å². The number of likely N-dealkylation sites (tertiary alicyclic amines) is 1. The Morgan fingerprint density at radius 2 is 1.92 bits per heavy atom. The molecular weight excluding hydrogens is 328 g/mol. The van der Waals surface area contributed by atoms with Gasteiger partial charge in [0.15, 0.2) is 5.78 Å². The molecule has 26 heavy (non-hydrogen) atoms. The van der Waals surface area contributed by atoms with Crippen LogP contribution in [0.25, 0.3) is 6.08 Å². The summed E-state index contributed by atoms with van der Waals surface area (Å²) in [5, 5.41) is 8.92. The summed E-state index contributed by atoms with van der Waals surface area (Å²) >= 11 is 0. The van der Waals surface area contributed by atoms with E-state index in [9.17, 15) is 9.59 Å². The Balaban J connectivity index is 1.81. The molecule has 0 atom stereocenters. The number of rotatable bonds is 4. The fraction of sp³-hybridized carbons (Fsp3) is 0.524. The number of anilines is 1. The Kier molecular flexibility index (Phi) is 4.93. The zero-order valence-electron chi connectivity index (χ0n) is 15.9. The Hall–Kier alpha value is -2.14. The molecule has 1 aromatic rings. The molecule has 1 N–H and O–H groups in total. The molecule has 5 nitrogen and oxygen atoms in total. The number of amides is 1. The summed E-state index contributed by atoms with van der Waals surface area (Å²) in [4.78, 5) is 28.3. The molecular formula is C21H28N2O3. The molecule has 0 aromatic heterocycles. The monoisotopic (exact) mass is 356 g/mol. The number of benzene rings is 1. The van der Waals surface area contributed by atoms with Crippen LogP contribution in [0.2, 0.25) is 0 Å². The van der Waals surface area contributed by atoms with E-state index in [1.165, 1.54) is 6.08 Å². The van der Waals surface area contributed by atoms with Crippen LogP contribution in [0.15, 0.2) is 30.3 Å². The Morgan fingerprint density at radius 1 is 1.23 bits per heavy atom. The van der Waals surface area contributed by atoms with Gasteiger partial charge in [-0.1, -0.05) is 39.0 Å². The minimum atomic E-state index is -0.476. The highest BCUT2D eigenvalue weighted by atomic mass is 16.3. The topological polar surface area (TPSA) is 60.9 Å². The SMILES string of the molecule is CC(C)(C)C(=O)N1CC2(CCCN2c2ccccc2/C=C/C(=O)CO)C1. The van der Waals surface area contributed by atoms with Gasteiger partial charge in [-0.25, -0.2) is 0 Å². The van der Waals surface area contributed by atoms with Crippen molar-refractivity contribution in [1.82, 2.24) is 4.90 Å². The van der Waals surface area contributed by atoms with E-state index in [0.717, 1.165) is 43.7 Å². The van der Waals surface area contributed by atoms with Gasteiger partial charge in [-0.15, -0.1) is 0 Å². The van der Waals surface area contributed by atoms with Gasteiger partial charge in [-0.3, -0.25) is 9.59 Å². The first kappa shape index (κ1) is 18.6. The summed E-state index contributed by atoms with van der Waals surface area (Å²) in [5.74, 6) is -0.0989. The quantitative estimate of drug-likeness (QED) is 0.842. The Labute approximate surface area is 155 Å². The second-order valence-corrected chi connectivity index (χ2v) is 8.41. The lowest BCUT2D eigenvalue weighted by atomic mass is 9.83. The second kappa shape index (κ2) is 6.88. The largest absolute Gasteiger partial charge is 0.388 e. The molecule has 0 bridgehead atoms. The summed E-state index contributed by atoms with van der Waals surface area (Å²) in [6, 6.07) is 8.01. The highest BCUT2D eigenvalue weighted by molar-refractivity contribution is 5.95. The minimum absolute atomic E-state index is 0.00579. The van der Waals surface area contributed by atoms with Gasteiger partial charge in [0, 0.05) is 30.7 Å². The predicted molar refractivity (Wildman–Crippen MR) is 103 cm³/mol. The molecule has 2 aliphatic heterocycles. The average molecular weight is 356 g/mol. The van der Waals surface area contributed by atoms with E-state index in [1.54, 1.807) is 6.08 Å². The van der Waals surface area contributed by atoms with E-state index < -0.39 is 6.61 Å². The second-order valence-electron chi connectivity index (χ2n) is 8.41. The molecule has 1 spiro atoms. The average Bonchev–Trinajstić information content (AvgIpc) is 3.01. The number of aliphatic hydroxyl groups excluding tert-OH is 1. The molecule has 2 saturated heterocycles. The maximum atomic E-state index is 12.5. The van der Waals surface area contributed by atoms with E-state index >= 15 is 0 Å². The van der Waals surface area contributed by atoms with Crippen LogP contribution in [-0.4, -0.2) is 53.5 Å². The smallest absolute Gasteiger partial charge is 0.228 e. The van der Waals surface area contributed by atoms with Crippen LogP contribution >= 0.6 is 0 Å². The third-order valence-corrected chi connectivity index (χ3v) is 5.33. The van der Waals surface area contributed by atoms with E-state index in [-0.39, 0.29) is 22.6 Å². The molecule has 2 heterocycles. The summed E-state index contributed by atoms with van der Waals surface area (Å²) in [6.07, 6.45) is 5.38. The van der Waals surface area contributed by atoms with E-state index in [1.807, 2.05) is 43.9 Å². The van der Waals surface area contributed by atoms with E-state index in [4.69, 9.17) is 5.11 Å². The first-order chi connectivity index (χ1) is 12.3. The highest BCUT2D eigenvalue weighted by Gasteiger charge is 2.53. The van der Waals surface area contributed by atoms with Gasteiger partial charge in [0.25, 0.3) is 0 Å². The summed E-state index contributed by atoms with van der Waals surface area (Å²) in [7, 11) is 0. The van der Waals surface area contributed by atoms with E-state index in [2.05, 4.69) is 11.0 Å². The molecule has 140 valence electrons. The third-order valence-electron chi connectivity index (χ3n) is 5.33.